The summed E-state index contributed by atoms with van der Waals surface area (Å²) >= 11 is 0. The first-order chi connectivity index (χ1) is 8.48. The Kier molecular flexibility index (Phi) is 6.94. The van der Waals surface area contributed by atoms with E-state index in [0.717, 1.165) is 6.29 Å². The second-order valence-corrected chi connectivity index (χ2v) is 4.43. The average Bonchev–Trinajstić information content (AvgIpc) is 2.40. The number of hydrogen-bond donors (Lipinski definition) is 0. The van der Waals surface area contributed by atoms with Crippen molar-refractivity contribution >= 4 is 12.1 Å². The fraction of sp³-hybridized carbons (Fsp3) is 0.467. The van der Waals surface area contributed by atoms with Crippen molar-refractivity contribution in [2.24, 2.45) is 5.41 Å². The van der Waals surface area contributed by atoms with Crippen LogP contribution in [-0.2, 0) is 4.79 Å². The Morgan fingerprint density at radius 1 is 1.22 bits per heavy atom. The zero-order valence-electron chi connectivity index (χ0n) is 11.8. The molecule has 0 heterocycles. The van der Waals surface area contributed by atoms with Crippen LogP contribution in [0.15, 0.2) is 24.3 Å². The Labute approximate surface area is 109 Å². The molecule has 1 aromatic rings. The number of aldehydes is 1. The lowest BCUT2D eigenvalue weighted by atomic mass is 9.87. The molecule has 0 saturated carbocycles. The molecule has 100 valence electrons. The fourth-order valence-electron chi connectivity index (χ4n) is 1.33. The van der Waals surface area contributed by atoms with Crippen LogP contribution in [0.5, 0.6) is 5.75 Å². The lowest BCUT2D eigenvalue weighted by Crippen LogP contribution is -2.18. The first-order valence-electron chi connectivity index (χ1n) is 6.12. The largest absolute Gasteiger partial charge is 0.497 e. The van der Waals surface area contributed by atoms with Gasteiger partial charge in [-0.3, -0.25) is 4.79 Å². The van der Waals surface area contributed by atoms with Crippen molar-refractivity contribution < 1.29 is 14.3 Å². The van der Waals surface area contributed by atoms with Gasteiger partial charge in [0.1, 0.15) is 12.0 Å². The van der Waals surface area contributed by atoms with E-state index >= 15 is 0 Å². The minimum Gasteiger partial charge on any atom is -0.497 e. The van der Waals surface area contributed by atoms with Crippen LogP contribution in [0.25, 0.3) is 0 Å². The summed E-state index contributed by atoms with van der Waals surface area (Å²) in [4.78, 5) is 22.5. The van der Waals surface area contributed by atoms with Crippen LogP contribution in [0.2, 0.25) is 0 Å². The summed E-state index contributed by atoms with van der Waals surface area (Å²) in [6, 6.07) is 6.90. The maximum Gasteiger partial charge on any atom is 0.163 e. The van der Waals surface area contributed by atoms with E-state index in [1.807, 2.05) is 13.8 Å². The molecule has 0 amide bonds. The number of carbonyl (C=O) groups is 2. The number of hydrogen-bond acceptors (Lipinski definition) is 3. The van der Waals surface area contributed by atoms with Gasteiger partial charge in [0, 0.05) is 17.4 Å². The molecule has 0 saturated heterocycles. The highest BCUT2D eigenvalue weighted by Gasteiger charge is 2.21. The maximum atomic E-state index is 11.8. The topological polar surface area (TPSA) is 43.4 Å². The number of benzene rings is 1. The van der Waals surface area contributed by atoms with Gasteiger partial charge in [-0.1, -0.05) is 27.7 Å². The van der Waals surface area contributed by atoms with Gasteiger partial charge in [0.15, 0.2) is 5.78 Å². The van der Waals surface area contributed by atoms with E-state index in [4.69, 9.17) is 4.74 Å². The van der Waals surface area contributed by atoms with Crippen LogP contribution in [0, 0.1) is 5.41 Å². The number of carbonyl (C=O) groups excluding carboxylic acids is 2. The zero-order valence-corrected chi connectivity index (χ0v) is 11.8. The van der Waals surface area contributed by atoms with Crippen molar-refractivity contribution in [1.29, 1.82) is 0 Å². The quantitative estimate of drug-likeness (QED) is 0.593. The first-order valence-corrected chi connectivity index (χ1v) is 6.12. The summed E-state index contributed by atoms with van der Waals surface area (Å²) in [7, 11) is 1.58. The van der Waals surface area contributed by atoms with Gasteiger partial charge >= 0.3 is 0 Å². The average molecular weight is 250 g/mol. The van der Waals surface area contributed by atoms with Gasteiger partial charge < -0.3 is 9.53 Å². The number of methoxy groups -OCH3 is 1. The molecule has 0 radical (unpaired) electrons. The third kappa shape index (κ3) is 5.13. The van der Waals surface area contributed by atoms with Crippen molar-refractivity contribution in [3.05, 3.63) is 29.8 Å². The highest BCUT2D eigenvalue weighted by molar-refractivity contribution is 5.97. The molecule has 0 aliphatic heterocycles. The molecule has 0 fully saturated rings. The Bertz CT molecular complexity index is 377. The maximum absolute atomic E-state index is 11.8. The van der Waals surface area contributed by atoms with Crippen molar-refractivity contribution in [1.82, 2.24) is 0 Å². The van der Waals surface area contributed by atoms with Gasteiger partial charge in [-0.2, -0.15) is 0 Å². The minimum atomic E-state index is -0.600. The number of rotatable bonds is 5. The standard InChI is InChI=1S/C13H16O3.C2H6/c1-13(2,9-14)8-12(15)10-4-6-11(16-3)7-5-10;1-2/h4-7,9H,8H2,1-3H3;1-2H3. The van der Waals surface area contributed by atoms with Gasteiger partial charge in [-0.15, -0.1) is 0 Å². The Morgan fingerprint density at radius 2 is 1.72 bits per heavy atom. The lowest BCUT2D eigenvalue weighted by Gasteiger charge is -2.15. The molecule has 1 aromatic carbocycles. The lowest BCUT2D eigenvalue weighted by molar-refractivity contribution is -0.114. The van der Waals surface area contributed by atoms with Crippen LogP contribution in [0.4, 0.5) is 0 Å². The second-order valence-electron chi connectivity index (χ2n) is 4.43. The number of ether oxygens (including phenoxy) is 1. The van der Waals surface area contributed by atoms with Crippen molar-refractivity contribution in [3.63, 3.8) is 0 Å². The molecule has 0 atom stereocenters. The monoisotopic (exact) mass is 250 g/mol. The molecule has 0 aromatic heterocycles. The Balaban J connectivity index is 0.00000137. The smallest absolute Gasteiger partial charge is 0.163 e. The second kappa shape index (κ2) is 7.64. The van der Waals surface area contributed by atoms with Gasteiger partial charge in [0.05, 0.1) is 7.11 Å². The van der Waals surface area contributed by atoms with E-state index in [1.165, 1.54) is 0 Å². The SMILES string of the molecule is CC.COc1ccc(C(=O)CC(C)(C)C=O)cc1. The van der Waals surface area contributed by atoms with E-state index in [-0.39, 0.29) is 12.2 Å². The summed E-state index contributed by atoms with van der Waals surface area (Å²) in [6.07, 6.45) is 1.04. The molecular weight excluding hydrogens is 228 g/mol. The molecule has 0 N–H and O–H groups in total. The highest BCUT2D eigenvalue weighted by Crippen LogP contribution is 2.21. The summed E-state index contributed by atoms with van der Waals surface area (Å²) in [5.74, 6) is 0.686. The molecule has 0 aliphatic carbocycles. The molecule has 0 bridgehead atoms. The fourth-order valence-corrected chi connectivity index (χ4v) is 1.33. The summed E-state index contributed by atoms with van der Waals surface area (Å²) in [5, 5.41) is 0. The molecule has 1 rings (SSSR count). The van der Waals surface area contributed by atoms with Crippen LogP contribution < -0.4 is 4.74 Å². The Morgan fingerprint density at radius 3 is 2.11 bits per heavy atom. The predicted molar refractivity (Wildman–Crippen MR) is 73.1 cm³/mol. The van der Waals surface area contributed by atoms with Gasteiger partial charge in [0.2, 0.25) is 0 Å². The molecule has 3 heteroatoms. The third-order valence-corrected chi connectivity index (χ3v) is 2.35. The van der Waals surface area contributed by atoms with E-state index in [2.05, 4.69) is 0 Å². The van der Waals surface area contributed by atoms with Crippen molar-refractivity contribution in [2.75, 3.05) is 7.11 Å². The molecule has 0 aliphatic rings. The molecule has 0 unspecified atom stereocenters. The van der Waals surface area contributed by atoms with E-state index in [0.29, 0.717) is 11.3 Å². The normalized spacial score (nSPS) is 10.1. The van der Waals surface area contributed by atoms with Gasteiger partial charge in [-0.25, -0.2) is 0 Å². The zero-order chi connectivity index (χ0) is 14.2. The van der Waals surface area contributed by atoms with Gasteiger partial charge in [0.25, 0.3) is 0 Å². The van der Waals surface area contributed by atoms with E-state index < -0.39 is 5.41 Å². The van der Waals surface area contributed by atoms with E-state index in [1.54, 1.807) is 45.2 Å². The van der Waals surface area contributed by atoms with Crippen LogP contribution in [0.1, 0.15) is 44.5 Å². The van der Waals surface area contributed by atoms with Crippen LogP contribution in [-0.4, -0.2) is 19.2 Å². The van der Waals surface area contributed by atoms with Crippen LogP contribution >= 0.6 is 0 Å². The molecule has 0 spiro atoms. The summed E-state index contributed by atoms with van der Waals surface area (Å²) in [6.45, 7) is 7.50. The van der Waals surface area contributed by atoms with Crippen LogP contribution in [0.3, 0.4) is 0 Å². The minimum absolute atomic E-state index is 0.0280. The van der Waals surface area contributed by atoms with E-state index in [9.17, 15) is 9.59 Å². The first kappa shape index (κ1) is 16.4. The predicted octanol–water partition coefficient (Wildman–Crippen LogP) is 3.52. The highest BCUT2D eigenvalue weighted by atomic mass is 16.5. The number of ketones is 1. The Hall–Kier alpha value is -1.64. The van der Waals surface area contributed by atoms with Crippen molar-refractivity contribution in [2.45, 2.75) is 34.1 Å². The molecule has 3 nitrogen and oxygen atoms in total. The van der Waals surface area contributed by atoms with Crippen molar-refractivity contribution in [3.8, 4) is 5.75 Å². The third-order valence-electron chi connectivity index (χ3n) is 2.35. The summed E-state index contributed by atoms with van der Waals surface area (Å²) in [5.41, 5.74) is 0.00697. The number of Topliss-reactive ketones (excluding diaryl/α,β-unsaturated/α-hetero) is 1. The van der Waals surface area contributed by atoms with Gasteiger partial charge in [-0.05, 0) is 24.3 Å². The molecule has 18 heavy (non-hydrogen) atoms. The molecular formula is C15H22O3. The summed E-state index contributed by atoms with van der Waals surface area (Å²) < 4.78 is 5.00.